The summed E-state index contributed by atoms with van der Waals surface area (Å²) >= 11 is 5.65. The number of carbonyl (C=O) groups excluding carboxylic acids is 1. The van der Waals surface area contributed by atoms with Gasteiger partial charge in [0, 0.05) is 26.1 Å². The zero-order chi connectivity index (χ0) is 12.0. The first-order valence-electron chi connectivity index (χ1n) is 4.74. The maximum Gasteiger partial charge on any atom is 0.216 e. The number of aromatic nitrogens is 1. The van der Waals surface area contributed by atoms with Gasteiger partial charge in [-0.05, 0) is 6.07 Å². The molecule has 0 unspecified atom stereocenters. The van der Waals surface area contributed by atoms with Crippen LogP contribution in [0.25, 0.3) is 0 Å². The molecule has 0 aliphatic heterocycles. The molecule has 0 fully saturated rings. The van der Waals surface area contributed by atoms with Crippen LogP contribution in [-0.2, 0) is 4.79 Å². The van der Waals surface area contributed by atoms with E-state index >= 15 is 0 Å². The molecule has 3 N–H and O–H groups in total. The van der Waals surface area contributed by atoms with Crippen LogP contribution in [0.5, 0.6) is 0 Å². The number of rotatable bonds is 2. The van der Waals surface area contributed by atoms with Crippen LogP contribution in [0.1, 0.15) is 18.9 Å². The van der Waals surface area contributed by atoms with Gasteiger partial charge in [-0.25, -0.2) is 4.98 Å². The van der Waals surface area contributed by atoms with Crippen molar-refractivity contribution in [1.82, 2.24) is 10.3 Å². The van der Waals surface area contributed by atoms with E-state index in [1.54, 1.807) is 6.07 Å². The number of anilines is 1. The number of hydrogen-bond donors (Lipinski definition) is 2. The van der Waals surface area contributed by atoms with E-state index in [0.717, 1.165) is 0 Å². The Hall–Kier alpha value is -1.73. The Kier molecular flexibility index (Phi) is 4.62. The van der Waals surface area contributed by atoms with E-state index in [0.29, 0.717) is 29.4 Å². The number of carbonyl (C=O) groups is 1. The number of hydrogen-bond acceptors (Lipinski definition) is 3. The van der Waals surface area contributed by atoms with Crippen molar-refractivity contribution < 1.29 is 4.79 Å². The highest BCUT2D eigenvalue weighted by Crippen LogP contribution is 2.13. The Morgan fingerprint density at radius 1 is 1.69 bits per heavy atom. The molecule has 1 aromatic heterocycles. The number of amides is 1. The summed E-state index contributed by atoms with van der Waals surface area (Å²) in [6.45, 7) is 2.00. The third kappa shape index (κ3) is 4.20. The molecule has 0 aliphatic rings. The Labute approximate surface area is 99.2 Å². The zero-order valence-electron chi connectivity index (χ0n) is 8.88. The second-order valence-corrected chi connectivity index (χ2v) is 3.52. The molecule has 0 aliphatic carbocycles. The molecular weight excluding hydrogens is 226 g/mol. The van der Waals surface area contributed by atoms with E-state index < -0.39 is 0 Å². The minimum atomic E-state index is -0.0607. The largest absolute Gasteiger partial charge is 0.398 e. The van der Waals surface area contributed by atoms with Gasteiger partial charge in [-0.15, -0.1) is 0 Å². The van der Waals surface area contributed by atoms with Gasteiger partial charge in [0.25, 0.3) is 0 Å². The first-order chi connectivity index (χ1) is 7.59. The average molecular weight is 238 g/mol. The smallest absolute Gasteiger partial charge is 0.216 e. The van der Waals surface area contributed by atoms with Crippen molar-refractivity contribution in [3.05, 3.63) is 23.0 Å². The summed E-state index contributed by atoms with van der Waals surface area (Å²) in [4.78, 5) is 14.4. The number of nitrogens with zero attached hydrogens (tertiary/aromatic N) is 1. The van der Waals surface area contributed by atoms with Crippen LogP contribution < -0.4 is 11.1 Å². The first kappa shape index (κ1) is 12.3. The van der Waals surface area contributed by atoms with E-state index in [9.17, 15) is 4.79 Å². The Balaban J connectivity index is 2.53. The van der Waals surface area contributed by atoms with Crippen molar-refractivity contribution in [1.29, 1.82) is 0 Å². The van der Waals surface area contributed by atoms with Crippen molar-refractivity contribution in [3.8, 4) is 11.8 Å². The average Bonchev–Trinajstić information content (AvgIpc) is 2.20. The minimum absolute atomic E-state index is 0.0607. The first-order valence-corrected chi connectivity index (χ1v) is 5.11. The van der Waals surface area contributed by atoms with Crippen LogP contribution in [0.15, 0.2) is 12.3 Å². The van der Waals surface area contributed by atoms with E-state index in [1.165, 1.54) is 13.1 Å². The van der Waals surface area contributed by atoms with Gasteiger partial charge in [0.1, 0.15) is 5.15 Å². The van der Waals surface area contributed by atoms with Crippen LogP contribution in [0, 0.1) is 11.8 Å². The normalized spacial score (nSPS) is 9.12. The molecule has 1 heterocycles. The van der Waals surface area contributed by atoms with Crippen molar-refractivity contribution in [2.45, 2.75) is 13.3 Å². The van der Waals surface area contributed by atoms with Crippen LogP contribution >= 0.6 is 11.6 Å². The summed E-state index contributed by atoms with van der Waals surface area (Å²) in [6, 6.07) is 1.55. The van der Waals surface area contributed by atoms with Crippen molar-refractivity contribution >= 4 is 23.2 Å². The van der Waals surface area contributed by atoms with E-state index in [2.05, 4.69) is 22.1 Å². The van der Waals surface area contributed by atoms with Crippen molar-refractivity contribution in [2.75, 3.05) is 12.3 Å². The Morgan fingerprint density at radius 2 is 2.44 bits per heavy atom. The molecule has 0 spiro atoms. The molecule has 1 rings (SSSR count). The van der Waals surface area contributed by atoms with Crippen LogP contribution in [0.2, 0.25) is 5.15 Å². The summed E-state index contributed by atoms with van der Waals surface area (Å²) in [5, 5.41) is 2.99. The van der Waals surface area contributed by atoms with E-state index in [4.69, 9.17) is 17.3 Å². The summed E-state index contributed by atoms with van der Waals surface area (Å²) in [6.07, 6.45) is 2.10. The molecule has 0 bridgehead atoms. The molecule has 1 amide bonds. The van der Waals surface area contributed by atoms with Crippen molar-refractivity contribution in [3.63, 3.8) is 0 Å². The number of nitrogen functional groups attached to an aromatic ring is 1. The Bertz CT molecular complexity index is 448. The summed E-state index contributed by atoms with van der Waals surface area (Å²) in [5.74, 6) is 5.70. The zero-order valence-corrected chi connectivity index (χ0v) is 9.64. The highest BCUT2D eigenvalue weighted by Gasteiger charge is 1.96. The van der Waals surface area contributed by atoms with Crippen LogP contribution in [0.3, 0.4) is 0 Å². The molecule has 84 valence electrons. The molecule has 0 aromatic carbocycles. The molecule has 4 nitrogen and oxygen atoms in total. The van der Waals surface area contributed by atoms with Gasteiger partial charge in [0.15, 0.2) is 0 Å². The minimum Gasteiger partial charge on any atom is -0.398 e. The highest BCUT2D eigenvalue weighted by molar-refractivity contribution is 6.29. The quantitative estimate of drug-likeness (QED) is 0.461. The number of nitrogens with one attached hydrogen (secondary N) is 1. The lowest BCUT2D eigenvalue weighted by atomic mass is 10.2. The van der Waals surface area contributed by atoms with Gasteiger partial charge >= 0.3 is 0 Å². The lowest BCUT2D eigenvalue weighted by molar-refractivity contribution is -0.118. The fourth-order valence-electron chi connectivity index (χ4n) is 1.01. The number of halogens is 1. The van der Waals surface area contributed by atoms with Gasteiger partial charge in [-0.1, -0.05) is 23.4 Å². The van der Waals surface area contributed by atoms with Gasteiger partial charge in [0.05, 0.1) is 11.3 Å². The molecule has 0 atom stereocenters. The summed E-state index contributed by atoms with van der Waals surface area (Å²) in [7, 11) is 0. The molecular formula is C11H12ClN3O. The molecule has 16 heavy (non-hydrogen) atoms. The SMILES string of the molecule is CC(=O)NCCC#Cc1cnc(Cl)cc1N. The van der Waals surface area contributed by atoms with Gasteiger partial charge in [-0.3, -0.25) is 4.79 Å². The molecule has 0 saturated heterocycles. The van der Waals surface area contributed by atoms with E-state index in [-0.39, 0.29) is 5.91 Å². The monoisotopic (exact) mass is 237 g/mol. The third-order valence-electron chi connectivity index (χ3n) is 1.75. The molecule has 0 saturated carbocycles. The maximum absolute atomic E-state index is 10.6. The lowest BCUT2D eigenvalue weighted by Gasteiger charge is -1.97. The van der Waals surface area contributed by atoms with Gasteiger partial charge in [-0.2, -0.15) is 0 Å². The van der Waals surface area contributed by atoms with Gasteiger partial charge in [0.2, 0.25) is 5.91 Å². The number of nitrogens with two attached hydrogens (primary N) is 1. The molecule has 0 radical (unpaired) electrons. The van der Waals surface area contributed by atoms with Gasteiger partial charge < -0.3 is 11.1 Å². The van der Waals surface area contributed by atoms with Crippen molar-refractivity contribution in [2.24, 2.45) is 0 Å². The third-order valence-corrected chi connectivity index (χ3v) is 1.96. The van der Waals surface area contributed by atoms with Crippen LogP contribution in [-0.4, -0.2) is 17.4 Å². The fraction of sp³-hybridized carbons (Fsp3) is 0.273. The lowest BCUT2D eigenvalue weighted by Crippen LogP contribution is -2.20. The fourth-order valence-corrected chi connectivity index (χ4v) is 1.17. The predicted molar refractivity (Wildman–Crippen MR) is 63.8 cm³/mol. The standard InChI is InChI=1S/C11H12ClN3O/c1-8(16)14-5-3-2-4-9-7-15-11(12)6-10(9)13/h6-7H,3,5H2,1H3,(H2,13,15)(H,14,16). The summed E-state index contributed by atoms with van der Waals surface area (Å²) < 4.78 is 0. The topological polar surface area (TPSA) is 68.0 Å². The summed E-state index contributed by atoms with van der Waals surface area (Å²) in [5.41, 5.74) is 6.84. The maximum atomic E-state index is 10.6. The Morgan fingerprint density at radius 3 is 3.06 bits per heavy atom. The molecule has 1 aromatic rings. The predicted octanol–water partition coefficient (Wildman–Crippen LogP) is 1.19. The second-order valence-electron chi connectivity index (χ2n) is 3.13. The molecule has 5 heteroatoms. The van der Waals surface area contributed by atoms with E-state index in [1.807, 2.05) is 0 Å². The number of pyridine rings is 1. The second kappa shape index (κ2) is 5.99. The van der Waals surface area contributed by atoms with Crippen LogP contribution in [0.4, 0.5) is 5.69 Å². The highest BCUT2D eigenvalue weighted by atomic mass is 35.5.